The van der Waals surface area contributed by atoms with E-state index in [1.807, 2.05) is 4.90 Å². The minimum absolute atomic E-state index is 0.0385. The van der Waals surface area contributed by atoms with Gasteiger partial charge >= 0.3 is 0 Å². The SMILES string of the molecule is CO[C@H]1CCN(C(=O)c2ncccn2)[C@@H]2CN(CC3CC3)C[C@H]12. The van der Waals surface area contributed by atoms with Crippen LogP contribution in [0.25, 0.3) is 0 Å². The summed E-state index contributed by atoms with van der Waals surface area (Å²) in [6, 6.07) is 1.97. The maximum Gasteiger partial charge on any atom is 0.291 e. The maximum atomic E-state index is 12.8. The van der Waals surface area contributed by atoms with E-state index >= 15 is 0 Å². The van der Waals surface area contributed by atoms with Crippen molar-refractivity contribution in [2.24, 2.45) is 11.8 Å². The van der Waals surface area contributed by atoms with Gasteiger partial charge in [0.05, 0.1) is 12.1 Å². The van der Waals surface area contributed by atoms with E-state index in [1.54, 1.807) is 25.6 Å². The Kier molecular flexibility index (Phi) is 4.03. The van der Waals surface area contributed by atoms with Crippen LogP contribution in [0.4, 0.5) is 0 Å². The van der Waals surface area contributed by atoms with Gasteiger partial charge in [-0.25, -0.2) is 9.97 Å². The molecule has 2 saturated heterocycles. The second kappa shape index (κ2) is 6.17. The summed E-state index contributed by atoms with van der Waals surface area (Å²) in [6.07, 6.45) is 7.14. The number of carbonyl (C=O) groups is 1. The topological polar surface area (TPSA) is 58.6 Å². The van der Waals surface area contributed by atoms with Crippen molar-refractivity contribution in [1.82, 2.24) is 19.8 Å². The van der Waals surface area contributed by atoms with Crippen LogP contribution in [0.2, 0.25) is 0 Å². The predicted octanol–water partition coefficient (Wildman–Crippen LogP) is 1.05. The molecule has 0 unspecified atom stereocenters. The quantitative estimate of drug-likeness (QED) is 0.831. The van der Waals surface area contributed by atoms with Gasteiger partial charge < -0.3 is 14.5 Å². The molecule has 1 aromatic heterocycles. The molecular weight excluding hydrogens is 292 g/mol. The summed E-state index contributed by atoms with van der Waals surface area (Å²) in [5.74, 6) is 1.55. The number of nitrogens with zero attached hydrogens (tertiary/aromatic N) is 4. The molecule has 6 nitrogen and oxygen atoms in total. The molecule has 3 atom stereocenters. The lowest BCUT2D eigenvalue weighted by Gasteiger charge is -2.40. The molecule has 3 fully saturated rings. The van der Waals surface area contributed by atoms with Gasteiger partial charge in [0.25, 0.3) is 5.91 Å². The van der Waals surface area contributed by atoms with Crippen molar-refractivity contribution in [3.63, 3.8) is 0 Å². The number of likely N-dealkylation sites (tertiary alicyclic amines) is 2. The molecule has 0 aromatic carbocycles. The van der Waals surface area contributed by atoms with Crippen molar-refractivity contribution in [3.05, 3.63) is 24.3 Å². The predicted molar refractivity (Wildman–Crippen MR) is 84.9 cm³/mol. The Morgan fingerprint density at radius 1 is 1.26 bits per heavy atom. The fourth-order valence-electron chi connectivity index (χ4n) is 4.13. The number of amides is 1. The largest absolute Gasteiger partial charge is 0.381 e. The van der Waals surface area contributed by atoms with Crippen molar-refractivity contribution in [2.75, 3.05) is 33.3 Å². The van der Waals surface area contributed by atoms with Gasteiger partial charge in [-0.3, -0.25) is 4.79 Å². The van der Waals surface area contributed by atoms with Crippen molar-refractivity contribution < 1.29 is 9.53 Å². The summed E-state index contributed by atoms with van der Waals surface area (Å²) in [7, 11) is 1.79. The zero-order valence-electron chi connectivity index (χ0n) is 13.6. The number of piperidine rings is 1. The number of hydrogen-bond acceptors (Lipinski definition) is 5. The molecule has 1 aromatic rings. The first-order chi connectivity index (χ1) is 11.3. The van der Waals surface area contributed by atoms with Gasteiger partial charge in [0, 0.05) is 51.6 Å². The van der Waals surface area contributed by atoms with Crippen LogP contribution < -0.4 is 0 Å². The van der Waals surface area contributed by atoms with E-state index < -0.39 is 0 Å². The summed E-state index contributed by atoms with van der Waals surface area (Å²) in [5.41, 5.74) is 0. The number of rotatable bonds is 4. The third-order valence-corrected chi connectivity index (χ3v) is 5.47. The van der Waals surface area contributed by atoms with Crippen LogP contribution in [-0.4, -0.2) is 71.1 Å². The normalized spacial score (nSPS) is 31.2. The Balaban J connectivity index is 1.52. The number of aromatic nitrogens is 2. The third-order valence-electron chi connectivity index (χ3n) is 5.47. The number of ether oxygens (including phenoxy) is 1. The van der Waals surface area contributed by atoms with Crippen molar-refractivity contribution >= 4 is 5.91 Å². The van der Waals surface area contributed by atoms with Crippen LogP contribution in [0.3, 0.4) is 0 Å². The number of hydrogen-bond donors (Lipinski definition) is 0. The lowest BCUT2D eigenvalue weighted by molar-refractivity contribution is -0.0160. The monoisotopic (exact) mass is 316 g/mol. The lowest BCUT2D eigenvalue weighted by Crippen LogP contribution is -2.53. The van der Waals surface area contributed by atoms with Crippen LogP contribution in [0.15, 0.2) is 18.5 Å². The first-order valence-corrected chi connectivity index (χ1v) is 8.59. The minimum atomic E-state index is -0.0385. The summed E-state index contributed by atoms with van der Waals surface area (Å²) in [6.45, 7) is 3.90. The highest BCUT2D eigenvalue weighted by atomic mass is 16.5. The molecule has 0 N–H and O–H groups in total. The fourth-order valence-corrected chi connectivity index (χ4v) is 4.13. The smallest absolute Gasteiger partial charge is 0.291 e. The van der Waals surface area contributed by atoms with Gasteiger partial charge in [-0.1, -0.05) is 0 Å². The van der Waals surface area contributed by atoms with E-state index in [0.29, 0.717) is 11.7 Å². The molecule has 2 aliphatic heterocycles. The first-order valence-electron chi connectivity index (χ1n) is 8.59. The Morgan fingerprint density at radius 2 is 2.04 bits per heavy atom. The zero-order chi connectivity index (χ0) is 15.8. The molecule has 0 bridgehead atoms. The second-order valence-electron chi connectivity index (χ2n) is 7.03. The molecule has 3 heterocycles. The van der Waals surface area contributed by atoms with Gasteiger partial charge in [-0.15, -0.1) is 0 Å². The summed E-state index contributed by atoms with van der Waals surface area (Å²) in [5, 5.41) is 0. The highest BCUT2D eigenvalue weighted by molar-refractivity contribution is 5.90. The van der Waals surface area contributed by atoms with Gasteiger partial charge in [0.1, 0.15) is 0 Å². The highest BCUT2D eigenvalue weighted by Crippen LogP contribution is 2.36. The van der Waals surface area contributed by atoms with Gasteiger partial charge in [0.2, 0.25) is 5.82 Å². The van der Waals surface area contributed by atoms with Gasteiger partial charge in [-0.05, 0) is 31.2 Å². The molecule has 1 saturated carbocycles. The Labute approximate surface area is 136 Å². The zero-order valence-corrected chi connectivity index (χ0v) is 13.6. The molecule has 124 valence electrons. The average molecular weight is 316 g/mol. The molecule has 0 spiro atoms. The fraction of sp³-hybridized carbons (Fsp3) is 0.706. The van der Waals surface area contributed by atoms with E-state index in [4.69, 9.17) is 4.74 Å². The van der Waals surface area contributed by atoms with Crippen molar-refractivity contribution in [1.29, 1.82) is 0 Å². The van der Waals surface area contributed by atoms with Crippen LogP contribution >= 0.6 is 0 Å². The molecule has 1 aliphatic carbocycles. The van der Waals surface area contributed by atoms with E-state index in [9.17, 15) is 4.79 Å². The highest BCUT2D eigenvalue weighted by Gasteiger charge is 2.47. The number of carbonyl (C=O) groups excluding carboxylic acids is 1. The van der Waals surface area contributed by atoms with E-state index in [0.717, 1.165) is 32.0 Å². The third kappa shape index (κ3) is 2.97. The number of methoxy groups -OCH3 is 1. The van der Waals surface area contributed by atoms with Crippen LogP contribution in [-0.2, 0) is 4.74 Å². The molecule has 0 radical (unpaired) electrons. The summed E-state index contributed by atoms with van der Waals surface area (Å²) in [4.78, 5) is 25.6. The van der Waals surface area contributed by atoms with E-state index in [2.05, 4.69) is 14.9 Å². The van der Waals surface area contributed by atoms with Crippen molar-refractivity contribution in [3.8, 4) is 0 Å². The molecule has 23 heavy (non-hydrogen) atoms. The van der Waals surface area contributed by atoms with E-state index in [1.165, 1.54) is 19.4 Å². The molecule has 6 heteroatoms. The average Bonchev–Trinajstić information content (AvgIpc) is 3.30. The van der Waals surface area contributed by atoms with Gasteiger partial charge in [-0.2, -0.15) is 0 Å². The summed E-state index contributed by atoms with van der Waals surface area (Å²) >= 11 is 0. The standard InChI is InChI=1S/C17H24N4O2/c1-23-15-5-8-21(17(22)16-18-6-2-7-19-16)14-11-20(10-13(14)15)9-12-3-4-12/h2,6-7,12-15H,3-5,8-11H2,1H3/t13-,14+,15-/m0/s1. The van der Waals surface area contributed by atoms with E-state index in [-0.39, 0.29) is 18.1 Å². The van der Waals surface area contributed by atoms with Gasteiger partial charge in [0.15, 0.2) is 0 Å². The Bertz CT molecular complexity index is 563. The summed E-state index contributed by atoms with van der Waals surface area (Å²) < 4.78 is 5.71. The first kappa shape index (κ1) is 15.0. The number of fused-ring (bicyclic) bond motifs is 1. The molecule has 4 rings (SSSR count). The molecule has 3 aliphatic rings. The van der Waals surface area contributed by atoms with Crippen LogP contribution in [0.1, 0.15) is 29.9 Å². The van der Waals surface area contributed by atoms with Crippen molar-refractivity contribution in [2.45, 2.75) is 31.4 Å². The Hall–Kier alpha value is -1.53. The van der Waals surface area contributed by atoms with Crippen LogP contribution in [0.5, 0.6) is 0 Å². The second-order valence-corrected chi connectivity index (χ2v) is 7.03. The maximum absolute atomic E-state index is 12.8. The molecular formula is C17H24N4O2. The minimum Gasteiger partial charge on any atom is -0.381 e. The molecule has 1 amide bonds. The van der Waals surface area contributed by atoms with Crippen LogP contribution in [0, 0.1) is 11.8 Å². The Morgan fingerprint density at radius 3 is 2.74 bits per heavy atom. The lowest BCUT2D eigenvalue weighted by atomic mass is 9.89.